The van der Waals surface area contributed by atoms with E-state index >= 15 is 0 Å². The van der Waals surface area contributed by atoms with Crippen LogP contribution in [0.5, 0.6) is 0 Å². The van der Waals surface area contributed by atoms with Crippen molar-refractivity contribution in [1.82, 2.24) is 0 Å². The Balaban J connectivity index is 1.43. The molecule has 6 unspecified atom stereocenters. The van der Waals surface area contributed by atoms with Crippen molar-refractivity contribution in [1.29, 1.82) is 0 Å². The standard InChI is InChI=1S/C29H50O2/c1-19(2)8-7-9-20(3)25-12-13-26-24-11-10-22-18-23(31-21(4)30)14-16-28(22,5)27(24)15-17-29(25,26)6/h19-20,22-27H,7-18H2,1-6H3/t20?,22?,23-,24?,25?,26?,27?,28-,29+/m0/s1. The minimum atomic E-state index is -0.0877. The number of hydrogen-bond donors (Lipinski definition) is 0. The average Bonchev–Trinajstić information content (AvgIpc) is 3.05. The quantitative estimate of drug-likeness (QED) is 0.398. The molecule has 0 N–H and O–H groups in total. The third-order valence-electron chi connectivity index (χ3n) is 11.2. The van der Waals surface area contributed by atoms with Gasteiger partial charge in [0.15, 0.2) is 0 Å². The van der Waals surface area contributed by atoms with Gasteiger partial charge in [-0.15, -0.1) is 0 Å². The van der Waals surface area contributed by atoms with Crippen LogP contribution in [0.25, 0.3) is 0 Å². The molecule has 4 saturated carbocycles. The fourth-order valence-corrected chi connectivity index (χ4v) is 9.59. The fraction of sp³-hybridized carbons (Fsp3) is 0.966. The average molecular weight is 431 g/mol. The van der Waals surface area contributed by atoms with Crippen molar-refractivity contribution < 1.29 is 9.53 Å². The van der Waals surface area contributed by atoms with Crippen molar-refractivity contribution >= 4 is 5.97 Å². The highest BCUT2D eigenvalue weighted by Gasteiger charge is 2.60. The van der Waals surface area contributed by atoms with Gasteiger partial charge in [-0.25, -0.2) is 0 Å². The Morgan fingerprint density at radius 2 is 1.61 bits per heavy atom. The number of carbonyl (C=O) groups excluding carboxylic acids is 1. The maximum absolute atomic E-state index is 11.5. The second-order valence-corrected chi connectivity index (χ2v) is 13.2. The Bertz CT molecular complexity index is 641. The molecule has 0 spiro atoms. The van der Waals surface area contributed by atoms with Crippen molar-refractivity contribution in [3.8, 4) is 0 Å². The number of carbonyl (C=O) groups is 1. The van der Waals surface area contributed by atoms with Gasteiger partial charge in [-0.3, -0.25) is 4.79 Å². The lowest BCUT2D eigenvalue weighted by atomic mass is 9.44. The lowest BCUT2D eigenvalue weighted by Gasteiger charge is -2.61. The summed E-state index contributed by atoms with van der Waals surface area (Å²) in [6.07, 6.45) is 16.6. The van der Waals surface area contributed by atoms with Crippen molar-refractivity contribution in [2.45, 2.75) is 125 Å². The molecule has 0 saturated heterocycles. The van der Waals surface area contributed by atoms with Crippen molar-refractivity contribution in [2.24, 2.45) is 52.3 Å². The van der Waals surface area contributed by atoms with Crippen LogP contribution < -0.4 is 0 Å². The number of rotatable bonds is 6. The van der Waals surface area contributed by atoms with Crippen LogP contribution in [0.3, 0.4) is 0 Å². The largest absolute Gasteiger partial charge is 0.463 e. The summed E-state index contributed by atoms with van der Waals surface area (Å²) in [5.74, 6) is 6.22. The summed E-state index contributed by atoms with van der Waals surface area (Å²) in [6.45, 7) is 14.2. The van der Waals surface area contributed by atoms with Gasteiger partial charge < -0.3 is 4.74 Å². The number of fused-ring (bicyclic) bond motifs is 5. The van der Waals surface area contributed by atoms with Crippen molar-refractivity contribution in [3.05, 3.63) is 0 Å². The minimum absolute atomic E-state index is 0.0877. The Labute approximate surface area is 192 Å². The van der Waals surface area contributed by atoms with E-state index in [-0.39, 0.29) is 12.1 Å². The Morgan fingerprint density at radius 1 is 0.903 bits per heavy atom. The van der Waals surface area contributed by atoms with Gasteiger partial charge in [-0.05, 0) is 110 Å². The van der Waals surface area contributed by atoms with Crippen LogP contribution in [-0.2, 0) is 9.53 Å². The third kappa shape index (κ3) is 4.35. The van der Waals surface area contributed by atoms with E-state index in [1.807, 2.05) is 0 Å². The third-order valence-corrected chi connectivity index (χ3v) is 11.2. The molecule has 0 amide bonds. The van der Waals surface area contributed by atoms with E-state index in [2.05, 4.69) is 34.6 Å². The Morgan fingerprint density at radius 3 is 2.32 bits per heavy atom. The molecule has 4 fully saturated rings. The Kier molecular flexibility index (Phi) is 6.87. The van der Waals surface area contributed by atoms with Crippen molar-refractivity contribution in [3.63, 3.8) is 0 Å². The highest BCUT2D eigenvalue weighted by Crippen LogP contribution is 2.68. The molecule has 4 aliphatic rings. The number of ether oxygens (including phenoxy) is 1. The van der Waals surface area contributed by atoms with Gasteiger partial charge in [0, 0.05) is 6.92 Å². The van der Waals surface area contributed by atoms with Crippen LogP contribution in [0.15, 0.2) is 0 Å². The van der Waals surface area contributed by atoms with Gasteiger partial charge in [0.25, 0.3) is 0 Å². The van der Waals surface area contributed by atoms with Gasteiger partial charge in [-0.2, -0.15) is 0 Å². The normalized spacial score (nSPS) is 45.5. The molecule has 0 aromatic carbocycles. The molecular weight excluding hydrogens is 380 g/mol. The zero-order valence-electron chi connectivity index (χ0n) is 21.4. The molecule has 4 rings (SSSR count). The predicted molar refractivity (Wildman–Crippen MR) is 129 cm³/mol. The lowest BCUT2D eigenvalue weighted by Crippen LogP contribution is -2.54. The fourth-order valence-electron chi connectivity index (χ4n) is 9.59. The molecule has 0 aromatic rings. The molecular formula is C29H50O2. The molecule has 9 atom stereocenters. The topological polar surface area (TPSA) is 26.3 Å². The summed E-state index contributed by atoms with van der Waals surface area (Å²) < 4.78 is 5.65. The number of hydrogen-bond acceptors (Lipinski definition) is 2. The molecule has 0 aliphatic heterocycles. The van der Waals surface area contributed by atoms with Crippen LogP contribution in [0.2, 0.25) is 0 Å². The summed E-state index contributed by atoms with van der Waals surface area (Å²) in [6, 6.07) is 0. The lowest BCUT2D eigenvalue weighted by molar-refractivity contribution is -0.160. The van der Waals surface area contributed by atoms with E-state index in [0.29, 0.717) is 10.8 Å². The van der Waals surface area contributed by atoms with E-state index in [4.69, 9.17) is 4.74 Å². The highest BCUT2D eigenvalue weighted by atomic mass is 16.5. The maximum Gasteiger partial charge on any atom is 0.302 e. The molecule has 2 heteroatoms. The monoisotopic (exact) mass is 430 g/mol. The van der Waals surface area contributed by atoms with Gasteiger partial charge in [-0.1, -0.05) is 53.9 Å². The zero-order chi connectivity index (χ0) is 22.4. The maximum atomic E-state index is 11.5. The summed E-state index contributed by atoms with van der Waals surface area (Å²) in [4.78, 5) is 11.5. The highest BCUT2D eigenvalue weighted by molar-refractivity contribution is 5.66. The molecule has 178 valence electrons. The summed E-state index contributed by atoms with van der Waals surface area (Å²) in [5, 5.41) is 0. The first kappa shape index (κ1) is 23.6. The smallest absolute Gasteiger partial charge is 0.302 e. The van der Waals surface area contributed by atoms with Gasteiger partial charge in [0.1, 0.15) is 6.10 Å². The first-order valence-corrected chi connectivity index (χ1v) is 13.8. The minimum Gasteiger partial charge on any atom is -0.463 e. The first-order chi connectivity index (χ1) is 14.6. The molecule has 0 bridgehead atoms. The van der Waals surface area contributed by atoms with Crippen LogP contribution in [0.4, 0.5) is 0 Å². The van der Waals surface area contributed by atoms with E-state index in [9.17, 15) is 4.79 Å². The Hall–Kier alpha value is -0.530. The van der Waals surface area contributed by atoms with Crippen molar-refractivity contribution in [2.75, 3.05) is 0 Å². The van der Waals surface area contributed by atoms with Gasteiger partial charge in [0.05, 0.1) is 0 Å². The number of esters is 1. The summed E-state index contributed by atoms with van der Waals surface area (Å²) >= 11 is 0. The summed E-state index contributed by atoms with van der Waals surface area (Å²) in [5.41, 5.74) is 1.08. The van der Waals surface area contributed by atoms with Crippen LogP contribution in [-0.4, -0.2) is 12.1 Å². The predicted octanol–water partition coefficient (Wildman–Crippen LogP) is 8.04. The van der Waals surface area contributed by atoms with Crippen LogP contribution >= 0.6 is 0 Å². The van der Waals surface area contributed by atoms with Crippen LogP contribution in [0.1, 0.15) is 119 Å². The molecule has 0 aromatic heterocycles. The second kappa shape index (κ2) is 9.02. The van der Waals surface area contributed by atoms with Crippen LogP contribution in [0, 0.1) is 52.3 Å². The van der Waals surface area contributed by atoms with E-state index < -0.39 is 0 Å². The van der Waals surface area contributed by atoms with E-state index in [0.717, 1.165) is 54.3 Å². The second-order valence-electron chi connectivity index (χ2n) is 13.2. The molecule has 0 radical (unpaired) electrons. The molecule has 31 heavy (non-hydrogen) atoms. The SMILES string of the molecule is CC(=O)O[C@H]1CC[C@@]2(C)C(CCC3C4CCC(C(C)CCCC(C)C)[C@@]4(C)CCC32)C1. The zero-order valence-corrected chi connectivity index (χ0v) is 21.4. The van der Waals surface area contributed by atoms with Gasteiger partial charge in [0.2, 0.25) is 0 Å². The van der Waals surface area contributed by atoms with Gasteiger partial charge >= 0.3 is 5.97 Å². The molecule has 0 heterocycles. The summed E-state index contributed by atoms with van der Waals surface area (Å²) in [7, 11) is 0. The molecule has 2 nitrogen and oxygen atoms in total. The molecule has 4 aliphatic carbocycles. The van der Waals surface area contributed by atoms with E-state index in [1.165, 1.54) is 64.2 Å². The first-order valence-electron chi connectivity index (χ1n) is 13.8. The van der Waals surface area contributed by atoms with E-state index in [1.54, 1.807) is 6.92 Å².